The average molecular weight is 731 g/mol. The predicted octanol–water partition coefficient (Wildman–Crippen LogP) is 8.51. The van der Waals surface area contributed by atoms with Crippen molar-refractivity contribution in [1.82, 2.24) is 9.55 Å². The summed E-state index contributed by atoms with van der Waals surface area (Å²) < 4.78 is 21.4. The molecule has 0 spiro atoms. The number of aromatic nitrogens is 2. The van der Waals surface area contributed by atoms with Gasteiger partial charge >= 0.3 is 0 Å². The molecule has 0 aliphatic rings. The standard InChI is InChI=1S/C48H46N2O5/c51-43(36-53-33-37-19-7-1-8-20-37)45(54-34-38-21-9-2-10-22-38)46(55-35-39-23-11-3-12-24-39)44(52)47-49-31-32-50(47)48(40-25-13-4-14-26-40,41-27-15-5-16-28-41)42-29-17-6-18-30-42/h1-32,43-46,51-52H,33-36H2/t43-,44+,45-,46+/m0/s1. The van der Waals surface area contributed by atoms with Gasteiger partial charge in [0.25, 0.3) is 0 Å². The fourth-order valence-corrected chi connectivity index (χ4v) is 7.21. The third-order valence-corrected chi connectivity index (χ3v) is 9.85. The molecule has 0 fully saturated rings. The number of nitrogens with zero attached hydrogens (tertiary/aromatic N) is 2. The molecule has 0 aliphatic carbocycles. The third kappa shape index (κ3) is 8.84. The number of benzene rings is 6. The van der Waals surface area contributed by atoms with Gasteiger partial charge in [-0.3, -0.25) is 0 Å². The quantitative estimate of drug-likeness (QED) is 0.0862. The Labute approximate surface area is 323 Å². The van der Waals surface area contributed by atoms with Crippen molar-refractivity contribution < 1.29 is 24.4 Å². The lowest BCUT2D eigenvalue weighted by Gasteiger charge is -2.40. The summed E-state index contributed by atoms with van der Waals surface area (Å²) in [5.41, 5.74) is 4.80. The number of hydrogen-bond donors (Lipinski definition) is 2. The first-order chi connectivity index (χ1) is 27.1. The molecule has 0 unspecified atom stereocenters. The van der Waals surface area contributed by atoms with Crippen LogP contribution >= 0.6 is 0 Å². The van der Waals surface area contributed by atoms with Crippen LogP contribution in [0, 0.1) is 0 Å². The van der Waals surface area contributed by atoms with Crippen LogP contribution in [0.3, 0.4) is 0 Å². The molecule has 6 aromatic carbocycles. The van der Waals surface area contributed by atoms with E-state index in [-0.39, 0.29) is 19.8 Å². The summed E-state index contributed by atoms with van der Waals surface area (Å²) in [5.74, 6) is 0.348. The van der Waals surface area contributed by atoms with Crippen LogP contribution in [0.5, 0.6) is 0 Å². The molecule has 0 bridgehead atoms. The van der Waals surface area contributed by atoms with E-state index in [4.69, 9.17) is 19.2 Å². The average Bonchev–Trinajstić information content (AvgIpc) is 3.75. The van der Waals surface area contributed by atoms with E-state index in [9.17, 15) is 10.2 Å². The Bertz CT molecular complexity index is 2040. The number of ether oxygens (including phenoxy) is 3. The molecule has 0 aliphatic heterocycles. The monoisotopic (exact) mass is 730 g/mol. The predicted molar refractivity (Wildman–Crippen MR) is 214 cm³/mol. The lowest BCUT2D eigenvalue weighted by molar-refractivity contribution is -0.179. The smallest absolute Gasteiger partial charge is 0.141 e. The normalized spacial score (nSPS) is 13.9. The lowest BCUT2D eigenvalue weighted by atomic mass is 9.76. The van der Waals surface area contributed by atoms with Gasteiger partial charge in [0.2, 0.25) is 0 Å². The van der Waals surface area contributed by atoms with E-state index in [0.717, 1.165) is 33.4 Å². The first kappa shape index (κ1) is 37.6. The van der Waals surface area contributed by atoms with Crippen molar-refractivity contribution in [3.8, 4) is 0 Å². The van der Waals surface area contributed by atoms with Crippen molar-refractivity contribution in [3.05, 3.63) is 234 Å². The molecule has 7 nitrogen and oxygen atoms in total. The molecule has 0 amide bonds. The zero-order valence-corrected chi connectivity index (χ0v) is 30.6. The molecule has 4 atom stereocenters. The Morgan fingerprint density at radius 3 is 1.31 bits per heavy atom. The fraction of sp³-hybridized carbons (Fsp3) is 0.188. The van der Waals surface area contributed by atoms with E-state index in [2.05, 4.69) is 36.4 Å². The minimum atomic E-state index is -1.36. The minimum Gasteiger partial charge on any atom is -0.388 e. The molecule has 1 heterocycles. The van der Waals surface area contributed by atoms with Gasteiger partial charge in [-0.2, -0.15) is 0 Å². The van der Waals surface area contributed by atoms with Gasteiger partial charge < -0.3 is 29.0 Å². The Balaban J connectivity index is 1.32. The Morgan fingerprint density at radius 1 is 0.491 bits per heavy atom. The minimum absolute atomic E-state index is 0.0529. The Kier molecular flexibility index (Phi) is 12.7. The van der Waals surface area contributed by atoms with Crippen molar-refractivity contribution >= 4 is 0 Å². The van der Waals surface area contributed by atoms with Crippen LogP contribution in [0.15, 0.2) is 194 Å². The van der Waals surface area contributed by atoms with E-state index >= 15 is 0 Å². The van der Waals surface area contributed by atoms with Crippen LogP contribution in [-0.2, 0) is 39.6 Å². The van der Waals surface area contributed by atoms with E-state index in [1.165, 1.54) is 0 Å². The maximum Gasteiger partial charge on any atom is 0.141 e. The number of aliphatic hydroxyl groups excluding tert-OH is 2. The molecule has 0 saturated carbocycles. The van der Waals surface area contributed by atoms with E-state index in [1.807, 2.05) is 156 Å². The number of aliphatic hydroxyl groups is 2. The van der Waals surface area contributed by atoms with Gasteiger partial charge in [-0.05, 0) is 33.4 Å². The van der Waals surface area contributed by atoms with E-state index in [1.54, 1.807) is 6.20 Å². The summed E-state index contributed by atoms with van der Waals surface area (Å²) in [6.07, 6.45) is -1.04. The Morgan fingerprint density at radius 2 is 0.873 bits per heavy atom. The van der Waals surface area contributed by atoms with Gasteiger partial charge in [-0.1, -0.05) is 182 Å². The second-order valence-electron chi connectivity index (χ2n) is 13.5. The van der Waals surface area contributed by atoms with Crippen LogP contribution in [-0.4, -0.2) is 44.7 Å². The van der Waals surface area contributed by atoms with Crippen molar-refractivity contribution in [3.63, 3.8) is 0 Å². The van der Waals surface area contributed by atoms with Gasteiger partial charge in [0.1, 0.15) is 35.8 Å². The van der Waals surface area contributed by atoms with Crippen molar-refractivity contribution in [1.29, 1.82) is 0 Å². The van der Waals surface area contributed by atoms with Crippen LogP contribution in [0.25, 0.3) is 0 Å². The van der Waals surface area contributed by atoms with E-state index < -0.39 is 30.0 Å². The summed E-state index contributed by atoms with van der Waals surface area (Å²) in [7, 11) is 0. The summed E-state index contributed by atoms with van der Waals surface area (Å²) in [4.78, 5) is 4.86. The first-order valence-electron chi connectivity index (χ1n) is 18.6. The number of hydrogen-bond acceptors (Lipinski definition) is 6. The zero-order chi connectivity index (χ0) is 37.7. The lowest BCUT2D eigenvalue weighted by Crippen LogP contribution is -2.48. The molecule has 0 radical (unpaired) electrons. The Hall–Kier alpha value is -5.67. The molecular formula is C48H46N2O5. The third-order valence-electron chi connectivity index (χ3n) is 9.85. The molecule has 55 heavy (non-hydrogen) atoms. The largest absolute Gasteiger partial charge is 0.388 e. The molecule has 1 aromatic heterocycles. The highest BCUT2D eigenvalue weighted by Crippen LogP contribution is 2.43. The molecular weight excluding hydrogens is 685 g/mol. The summed E-state index contributed by atoms with van der Waals surface area (Å²) >= 11 is 0. The molecule has 0 saturated heterocycles. The van der Waals surface area contributed by atoms with Crippen molar-refractivity contribution in [2.45, 2.75) is 49.8 Å². The van der Waals surface area contributed by atoms with Crippen LogP contribution in [0.4, 0.5) is 0 Å². The summed E-state index contributed by atoms with van der Waals surface area (Å²) in [6, 6.07) is 60.0. The highest BCUT2D eigenvalue weighted by molar-refractivity contribution is 5.51. The SMILES string of the molecule is O[C@@H](COCc1ccccc1)[C@H](OCc1ccccc1)[C@H](OCc1ccccc1)[C@@H](O)c1nccn1C(c1ccccc1)(c1ccccc1)c1ccccc1. The molecule has 278 valence electrons. The van der Waals surface area contributed by atoms with Crippen molar-refractivity contribution in [2.24, 2.45) is 0 Å². The number of imidazole rings is 1. The van der Waals surface area contributed by atoms with Crippen LogP contribution in [0.1, 0.15) is 45.3 Å². The fourth-order valence-electron chi connectivity index (χ4n) is 7.21. The molecule has 7 aromatic rings. The van der Waals surface area contributed by atoms with E-state index in [0.29, 0.717) is 12.4 Å². The van der Waals surface area contributed by atoms with Crippen LogP contribution in [0.2, 0.25) is 0 Å². The molecule has 2 N–H and O–H groups in total. The summed E-state index contributed by atoms with van der Waals surface area (Å²) in [5, 5.41) is 24.8. The zero-order valence-electron chi connectivity index (χ0n) is 30.6. The maximum absolute atomic E-state index is 12.8. The van der Waals surface area contributed by atoms with Gasteiger partial charge in [0.05, 0.1) is 26.4 Å². The van der Waals surface area contributed by atoms with Gasteiger partial charge in [0.15, 0.2) is 0 Å². The van der Waals surface area contributed by atoms with Crippen molar-refractivity contribution in [2.75, 3.05) is 6.61 Å². The van der Waals surface area contributed by atoms with Gasteiger partial charge in [-0.25, -0.2) is 4.98 Å². The highest BCUT2D eigenvalue weighted by atomic mass is 16.6. The second kappa shape index (κ2) is 18.6. The first-order valence-corrected chi connectivity index (χ1v) is 18.6. The summed E-state index contributed by atoms with van der Waals surface area (Å²) in [6.45, 7) is 0.588. The topological polar surface area (TPSA) is 86.0 Å². The molecule has 7 rings (SSSR count). The highest BCUT2D eigenvalue weighted by Gasteiger charge is 2.44. The van der Waals surface area contributed by atoms with Gasteiger partial charge in [-0.15, -0.1) is 0 Å². The number of rotatable bonds is 18. The molecule has 7 heteroatoms. The maximum atomic E-state index is 12.8. The van der Waals surface area contributed by atoms with Gasteiger partial charge in [0, 0.05) is 12.4 Å². The van der Waals surface area contributed by atoms with Crippen LogP contribution < -0.4 is 0 Å². The second-order valence-corrected chi connectivity index (χ2v) is 13.5.